The van der Waals surface area contributed by atoms with Crippen LogP contribution in [0.3, 0.4) is 0 Å². The van der Waals surface area contributed by atoms with Crippen molar-refractivity contribution in [2.45, 2.75) is 19.6 Å². The summed E-state index contributed by atoms with van der Waals surface area (Å²) in [6.45, 7) is 1.46. The number of carbonyl (C=O) groups excluding carboxylic acids is 1. The Hall–Kier alpha value is -5.07. The van der Waals surface area contributed by atoms with Crippen LogP contribution in [0.5, 0.6) is 0 Å². The average Bonchev–Trinajstić information content (AvgIpc) is 3.47. The Morgan fingerprint density at radius 1 is 1.13 bits per heavy atom. The molecule has 3 aromatic heterocycles. The van der Waals surface area contributed by atoms with E-state index in [1.165, 1.54) is 34.4 Å². The molecular formula is C25H19F3N6O4. The molecule has 2 aromatic carbocycles. The first-order valence-electron chi connectivity index (χ1n) is 11.2. The molecule has 2 amide bonds. The highest BCUT2D eigenvalue weighted by Gasteiger charge is 2.35. The van der Waals surface area contributed by atoms with Gasteiger partial charge < -0.3 is 25.3 Å². The van der Waals surface area contributed by atoms with Crippen LogP contribution in [0, 0.1) is 6.92 Å². The molecule has 0 spiro atoms. The second-order valence-electron chi connectivity index (χ2n) is 8.45. The summed E-state index contributed by atoms with van der Waals surface area (Å²) in [6.07, 6.45) is -1.93. The lowest BCUT2D eigenvalue weighted by Gasteiger charge is -2.16. The molecule has 0 atom stereocenters. The summed E-state index contributed by atoms with van der Waals surface area (Å²) in [5.74, 6) is -1.37. The van der Waals surface area contributed by atoms with E-state index in [1.54, 1.807) is 36.4 Å². The minimum absolute atomic E-state index is 0.0424. The van der Waals surface area contributed by atoms with Crippen LogP contribution >= 0.6 is 0 Å². The van der Waals surface area contributed by atoms with Crippen LogP contribution in [0.4, 0.5) is 23.7 Å². The number of aromatic amines is 1. The predicted octanol–water partition coefficient (Wildman–Crippen LogP) is 4.31. The molecule has 0 fully saturated rings. The molecule has 0 aliphatic heterocycles. The fraction of sp³-hybridized carbons (Fsp3) is 0.120. The molecule has 38 heavy (non-hydrogen) atoms. The molecule has 194 valence electrons. The number of anilines is 1. The lowest BCUT2D eigenvalue weighted by atomic mass is 10.1. The van der Waals surface area contributed by atoms with Crippen LogP contribution in [-0.4, -0.2) is 36.0 Å². The van der Waals surface area contributed by atoms with Crippen molar-refractivity contribution < 1.29 is 27.9 Å². The Bertz CT molecular complexity index is 1770. The second-order valence-corrected chi connectivity index (χ2v) is 8.45. The number of hydrogen-bond acceptors (Lipinski definition) is 4. The van der Waals surface area contributed by atoms with E-state index in [2.05, 4.69) is 20.6 Å². The Kier molecular flexibility index (Phi) is 5.90. The van der Waals surface area contributed by atoms with E-state index in [1.807, 2.05) is 0 Å². The van der Waals surface area contributed by atoms with Crippen molar-refractivity contribution in [2.75, 3.05) is 5.32 Å². The molecule has 0 radical (unpaired) electrons. The number of carboxylic acids is 1. The fourth-order valence-corrected chi connectivity index (χ4v) is 4.21. The summed E-state index contributed by atoms with van der Waals surface area (Å²) < 4.78 is 44.7. The minimum atomic E-state index is -4.77. The monoisotopic (exact) mass is 524 g/mol. The molecular weight excluding hydrogens is 505 g/mol. The molecule has 0 aliphatic carbocycles. The van der Waals surface area contributed by atoms with Crippen LogP contribution < -0.4 is 16.2 Å². The van der Waals surface area contributed by atoms with E-state index in [-0.39, 0.29) is 40.3 Å². The molecule has 3 heterocycles. The Morgan fingerprint density at radius 2 is 1.87 bits per heavy atom. The summed E-state index contributed by atoms with van der Waals surface area (Å²) in [5.41, 5.74) is -1.53. The summed E-state index contributed by atoms with van der Waals surface area (Å²) in [5, 5.41) is 14.7. The zero-order valence-corrected chi connectivity index (χ0v) is 19.6. The van der Waals surface area contributed by atoms with E-state index >= 15 is 0 Å². The molecule has 5 aromatic rings. The number of urea groups is 1. The number of aryl methyl sites for hydroxylation is 1. The highest BCUT2D eigenvalue weighted by molar-refractivity contribution is 5.90. The third kappa shape index (κ3) is 4.45. The zero-order chi connectivity index (χ0) is 27.2. The maximum atomic E-state index is 14.1. The van der Waals surface area contributed by atoms with E-state index in [0.717, 1.165) is 6.07 Å². The number of H-pyrrole nitrogens is 1. The third-order valence-corrected chi connectivity index (χ3v) is 5.94. The van der Waals surface area contributed by atoms with Crippen molar-refractivity contribution in [1.82, 2.24) is 24.3 Å². The van der Waals surface area contributed by atoms with Gasteiger partial charge in [-0.05, 0) is 42.8 Å². The van der Waals surface area contributed by atoms with Crippen LogP contribution in [0.1, 0.15) is 27.3 Å². The van der Waals surface area contributed by atoms with Crippen LogP contribution in [-0.2, 0) is 12.7 Å². The first kappa shape index (κ1) is 24.6. The normalized spacial score (nSPS) is 11.7. The highest BCUT2D eigenvalue weighted by Crippen LogP contribution is 2.36. The lowest BCUT2D eigenvalue weighted by Crippen LogP contribution is -2.27. The fourth-order valence-electron chi connectivity index (χ4n) is 4.21. The van der Waals surface area contributed by atoms with Gasteiger partial charge in [0.05, 0.1) is 28.0 Å². The largest absolute Gasteiger partial charge is 0.476 e. The quantitative estimate of drug-likeness (QED) is 0.272. The van der Waals surface area contributed by atoms with Crippen molar-refractivity contribution in [2.24, 2.45) is 0 Å². The van der Waals surface area contributed by atoms with Gasteiger partial charge in [-0.2, -0.15) is 13.2 Å². The Balaban J connectivity index is 1.55. The van der Waals surface area contributed by atoms with Gasteiger partial charge in [-0.3, -0.25) is 9.20 Å². The van der Waals surface area contributed by atoms with Gasteiger partial charge in [-0.15, -0.1) is 0 Å². The van der Waals surface area contributed by atoms with Gasteiger partial charge in [0.2, 0.25) is 5.65 Å². The van der Waals surface area contributed by atoms with Crippen LogP contribution in [0.2, 0.25) is 0 Å². The van der Waals surface area contributed by atoms with E-state index in [0.29, 0.717) is 11.3 Å². The smallest absolute Gasteiger partial charge is 0.418 e. The number of amides is 2. The zero-order valence-electron chi connectivity index (χ0n) is 19.6. The van der Waals surface area contributed by atoms with Gasteiger partial charge in [0.25, 0.3) is 5.56 Å². The number of benzene rings is 2. The summed E-state index contributed by atoms with van der Waals surface area (Å²) in [6, 6.07) is 11.8. The number of carboxylic acid groups (broad SMARTS) is 1. The first-order valence-corrected chi connectivity index (χ1v) is 11.2. The van der Waals surface area contributed by atoms with Crippen molar-refractivity contribution in [3.8, 4) is 5.69 Å². The van der Waals surface area contributed by atoms with E-state index in [9.17, 15) is 32.7 Å². The van der Waals surface area contributed by atoms with E-state index < -0.39 is 29.3 Å². The number of para-hydroxylation sites is 1. The van der Waals surface area contributed by atoms with Gasteiger partial charge in [0.1, 0.15) is 0 Å². The molecule has 5 rings (SSSR count). The Labute approximate surface area is 211 Å². The molecule has 10 nitrogen and oxygen atoms in total. The van der Waals surface area contributed by atoms with Gasteiger partial charge in [0, 0.05) is 24.6 Å². The van der Waals surface area contributed by atoms with Crippen molar-refractivity contribution in [3.05, 3.63) is 93.8 Å². The number of alkyl halides is 3. The predicted molar refractivity (Wildman–Crippen MR) is 132 cm³/mol. The molecule has 0 unspecified atom stereocenters. The summed E-state index contributed by atoms with van der Waals surface area (Å²) >= 11 is 0. The first-order chi connectivity index (χ1) is 18.0. The number of fused-ring (bicyclic) bond motifs is 3. The van der Waals surface area contributed by atoms with Crippen molar-refractivity contribution >= 4 is 34.4 Å². The molecule has 0 aliphatic rings. The number of aromatic carboxylic acids is 1. The number of nitrogens with one attached hydrogen (secondary N) is 3. The second kappa shape index (κ2) is 9.10. The van der Waals surface area contributed by atoms with Gasteiger partial charge in [-0.1, -0.05) is 18.2 Å². The maximum Gasteiger partial charge on any atom is 0.418 e. The Morgan fingerprint density at radius 3 is 2.55 bits per heavy atom. The van der Waals surface area contributed by atoms with Crippen molar-refractivity contribution in [1.29, 1.82) is 0 Å². The molecule has 0 saturated carbocycles. The van der Waals surface area contributed by atoms with Gasteiger partial charge in [-0.25, -0.2) is 14.6 Å². The maximum absolute atomic E-state index is 14.1. The summed E-state index contributed by atoms with van der Waals surface area (Å²) in [4.78, 5) is 42.4. The van der Waals surface area contributed by atoms with Gasteiger partial charge >= 0.3 is 18.2 Å². The van der Waals surface area contributed by atoms with Crippen molar-refractivity contribution in [3.63, 3.8) is 0 Å². The van der Waals surface area contributed by atoms with E-state index in [4.69, 9.17) is 0 Å². The van der Waals surface area contributed by atoms with Gasteiger partial charge in [0.15, 0.2) is 5.69 Å². The lowest BCUT2D eigenvalue weighted by molar-refractivity contribution is -0.137. The summed E-state index contributed by atoms with van der Waals surface area (Å²) in [7, 11) is 0. The van der Waals surface area contributed by atoms with Crippen LogP contribution in [0.15, 0.2) is 65.7 Å². The molecule has 4 N–H and O–H groups in total. The number of hydrogen-bond donors (Lipinski definition) is 4. The number of aromatic nitrogens is 4. The highest BCUT2D eigenvalue weighted by atomic mass is 19.4. The molecule has 13 heteroatoms. The third-order valence-electron chi connectivity index (χ3n) is 5.94. The number of carbonyl (C=O) groups is 2. The molecule has 0 bridgehead atoms. The SMILES string of the molecule is Cc1c(C(=O)O)nc2c(=O)[nH]c3cc(C(F)(F)F)c(-n4ccc(CNC(=O)Nc5ccccc5)c4)cc3n12. The molecule has 0 saturated heterocycles. The number of halogens is 3. The minimum Gasteiger partial charge on any atom is -0.476 e. The number of imidazole rings is 1. The number of nitrogens with zero attached hydrogens (tertiary/aromatic N) is 3. The standard InChI is InChI=1S/C25H19F3N6O4/c1-13-20(23(36)37)32-21-22(35)31-17-9-16(25(26,27)28)18(10-19(17)34(13)21)33-8-7-14(12-33)11-29-24(38)30-15-5-3-2-4-6-15/h2-10,12H,11H2,1H3,(H,31,35)(H,36,37)(H2,29,30,38). The van der Waals surface area contributed by atoms with Crippen LogP contribution in [0.25, 0.3) is 22.4 Å². The number of rotatable bonds is 5. The average molecular weight is 524 g/mol. The topological polar surface area (TPSA) is 134 Å².